The third-order valence-corrected chi connectivity index (χ3v) is 10.1. The summed E-state index contributed by atoms with van der Waals surface area (Å²) in [5.41, 5.74) is 8.98. The molecule has 0 radical (unpaired) electrons. The van der Waals surface area contributed by atoms with Gasteiger partial charge in [-0.15, -0.1) is 0 Å². The van der Waals surface area contributed by atoms with Gasteiger partial charge in [-0.25, -0.2) is 4.98 Å². The van der Waals surface area contributed by atoms with Crippen molar-refractivity contribution in [2.75, 3.05) is 0 Å². The first-order chi connectivity index (χ1) is 19.7. The summed E-state index contributed by atoms with van der Waals surface area (Å²) in [6.45, 7) is 0.416. The Morgan fingerprint density at radius 1 is 0.875 bits per heavy atom. The van der Waals surface area contributed by atoms with Gasteiger partial charge in [-0.05, 0) is 94.8 Å². The van der Waals surface area contributed by atoms with E-state index in [4.69, 9.17) is 17.2 Å². The molecule has 0 saturated carbocycles. The highest BCUT2D eigenvalue weighted by atomic mass is 32.2. The van der Waals surface area contributed by atoms with E-state index in [1.165, 1.54) is 34.0 Å². The zero-order valence-electron chi connectivity index (χ0n) is 21.5. The first-order valence-electron chi connectivity index (χ1n) is 13.2. The van der Waals surface area contributed by atoms with Crippen LogP contribution in [0.15, 0.2) is 106 Å². The topological polar surface area (TPSA) is 60.7 Å². The van der Waals surface area contributed by atoms with E-state index in [1.54, 1.807) is 11.8 Å². The number of hydrogen-bond acceptors (Lipinski definition) is 7. The Hall–Kier alpha value is -3.59. The molecule has 5 heterocycles. The highest BCUT2D eigenvalue weighted by Gasteiger charge is 2.36. The summed E-state index contributed by atoms with van der Waals surface area (Å²) in [7, 11) is 0. The van der Waals surface area contributed by atoms with Crippen molar-refractivity contribution in [2.24, 2.45) is 0 Å². The number of aromatic nitrogens is 4. The molecule has 4 aromatic rings. The van der Waals surface area contributed by atoms with Crippen molar-refractivity contribution < 1.29 is 4.79 Å². The maximum absolute atomic E-state index is 13.2. The van der Waals surface area contributed by atoms with E-state index < -0.39 is 0 Å². The number of carbonyl (C=O) groups is 1. The van der Waals surface area contributed by atoms with Gasteiger partial charge in [0, 0.05) is 35.9 Å². The molecule has 0 N–H and O–H groups in total. The molecule has 2 aliphatic heterocycles. The number of fused-ring (bicyclic) bond motifs is 3. The summed E-state index contributed by atoms with van der Waals surface area (Å²) in [6.07, 6.45) is 14.7. The molecule has 0 spiro atoms. The van der Waals surface area contributed by atoms with Gasteiger partial charge in [0.15, 0.2) is 5.16 Å². The Balaban J connectivity index is 1.41. The lowest BCUT2D eigenvalue weighted by Crippen LogP contribution is -2.22. The number of hydrogen-bond donors (Lipinski definition) is 0. The standard InChI is InChI=1S/C32H24N4OS3/c37-31-24(18-20-5-2-1-3-6-20)19-36-30(38)27-26-23(17-21-9-13-33-14-10-21)7-4-8-25(26)28(22-11-15-34-16-12-22)39-29(27)35-32(36)40-31/h1-3,5-6,9-18,28H,4,7-8,19H2/b23-17+,24-18-. The fraction of sp³-hybridized carbons (Fsp3) is 0.156. The largest absolute Gasteiger partial charge is 0.306 e. The molecular formula is C32H24N4OS3. The van der Waals surface area contributed by atoms with Crippen LogP contribution in [0.1, 0.15) is 46.8 Å². The number of rotatable bonds is 3. The van der Waals surface area contributed by atoms with Crippen LogP contribution >= 0.6 is 35.7 Å². The van der Waals surface area contributed by atoms with Gasteiger partial charge in [-0.2, -0.15) is 0 Å². The zero-order valence-corrected chi connectivity index (χ0v) is 23.9. The van der Waals surface area contributed by atoms with Crippen LogP contribution in [0.5, 0.6) is 0 Å². The average molecular weight is 577 g/mol. The van der Waals surface area contributed by atoms with E-state index >= 15 is 0 Å². The summed E-state index contributed by atoms with van der Waals surface area (Å²) in [5, 5.41) is 1.71. The lowest BCUT2D eigenvalue weighted by atomic mass is 9.80. The van der Waals surface area contributed by atoms with Crippen molar-refractivity contribution in [1.29, 1.82) is 0 Å². The van der Waals surface area contributed by atoms with E-state index in [0.717, 1.165) is 51.2 Å². The number of benzene rings is 1. The highest BCUT2D eigenvalue weighted by molar-refractivity contribution is 8.14. The Morgan fingerprint density at radius 2 is 1.57 bits per heavy atom. The van der Waals surface area contributed by atoms with Gasteiger partial charge in [0.25, 0.3) is 0 Å². The number of pyridine rings is 2. The lowest BCUT2D eigenvalue weighted by Gasteiger charge is -2.35. The predicted molar refractivity (Wildman–Crippen MR) is 164 cm³/mol. The Kier molecular flexibility index (Phi) is 6.83. The molecule has 196 valence electrons. The number of nitrogens with zero attached hydrogens (tertiary/aromatic N) is 4. The van der Waals surface area contributed by atoms with E-state index in [0.29, 0.717) is 11.7 Å². The minimum atomic E-state index is 0.0213. The molecule has 1 atom stereocenters. The fourth-order valence-electron chi connectivity index (χ4n) is 5.58. The van der Waals surface area contributed by atoms with Crippen molar-refractivity contribution in [2.45, 2.75) is 41.2 Å². The zero-order chi connectivity index (χ0) is 27.1. The Morgan fingerprint density at radius 3 is 2.35 bits per heavy atom. The quantitative estimate of drug-likeness (QED) is 0.106. The van der Waals surface area contributed by atoms with Crippen LogP contribution < -0.4 is 0 Å². The second-order valence-electron chi connectivity index (χ2n) is 9.92. The minimum Gasteiger partial charge on any atom is -0.306 e. The van der Waals surface area contributed by atoms with Crippen molar-refractivity contribution in [3.05, 3.63) is 123 Å². The van der Waals surface area contributed by atoms with Gasteiger partial charge in [-0.3, -0.25) is 14.8 Å². The monoisotopic (exact) mass is 576 g/mol. The lowest BCUT2D eigenvalue weighted by molar-refractivity contribution is -0.108. The Bertz CT molecular complexity index is 1780. The maximum Gasteiger partial charge on any atom is 0.224 e. The van der Waals surface area contributed by atoms with Gasteiger partial charge in [0.2, 0.25) is 5.12 Å². The number of thioether (sulfide) groups is 2. The molecule has 5 nitrogen and oxygen atoms in total. The minimum absolute atomic E-state index is 0.0213. The second kappa shape index (κ2) is 10.8. The second-order valence-corrected chi connectivity index (χ2v) is 12.3. The van der Waals surface area contributed by atoms with E-state index in [2.05, 4.69) is 28.2 Å². The van der Waals surface area contributed by atoms with Crippen molar-refractivity contribution in [1.82, 2.24) is 19.5 Å². The van der Waals surface area contributed by atoms with Gasteiger partial charge in [0.1, 0.15) is 9.67 Å². The molecule has 3 aliphatic rings. The molecule has 3 aromatic heterocycles. The maximum atomic E-state index is 13.2. The van der Waals surface area contributed by atoms with Crippen LogP contribution in [0.2, 0.25) is 0 Å². The summed E-state index contributed by atoms with van der Waals surface area (Å²) in [5.74, 6) is 0. The van der Waals surface area contributed by atoms with Crippen LogP contribution in [-0.2, 0) is 11.3 Å². The van der Waals surface area contributed by atoms with E-state index in [1.807, 2.05) is 77.9 Å². The summed E-state index contributed by atoms with van der Waals surface area (Å²) < 4.78 is 2.79. The molecule has 1 aromatic carbocycles. The molecule has 0 saturated heterocycles. The third kappa shape index (κ3) is 4.70. The first kappa shape index (κ1) is 25.4. The smallest absolute Gasteiger partial charge is 0.224 e. The predicted octanol–water partition coefficient (Wildman–Crippen LogP) is 7.99. The Labute approximate surface area is 246 Å². The third-order valence-electron chi connectivity index (χ3n) is 7.40. The molecule has 0 bridgehead atoms. The van der Waals surface area contributed by atoms with Gasteiger partial charge >= 0.3 is 0 Å². The van der Waals surface area contributed by atoms with E-state index in [9.17, 15) is 4.79 Å². The summed E-state index contributed by atoms with van der Waals surface area (Å²) in [4.78, 5) is 26.7. The average Bonchev–Trinajstić information content (AvgIpc) is 2.99. The van der Waals surface area contributed by atoms with Crippen LogP contribution in [0.4, 0.5) is 0 Å². The van der Waals surface area contributed by atoms with Crippen LogP contribution in [-0.4, -0.2) is 24.6 Å². The summed E-state index contributed by atoms with van der Waals surface area (Å²) in [6, 6.07) is 18.2. The molecule has 7 rings (SSSR count). The van der Waals surface area contributed by atoms with Gasteiger partial charge in [0.05, 0.1) is 11.8 Å². The van der Waals surface area contributed by atoms with E-state index in [-0.39, 0.29) is 10.4 Å². The number of allylic oxidation sites excluding steroid dienone is 2. The van der Waals surface area contributed by atoms with Crippen molar-refractivity contribution >= 4 is 58.6 Å². The van der Waals surface area contributed by atoms with Gasteiger partial charge in [-0.1, -0.05) is 60.4 Å². The van der Waals surface area contributed by atoms with Crippen molar-refractivity contribution in [3.63, 3.8) is 0 Å². The molecule has 40 heavy (non-hydrogen) atoms. The molecule has 8 heteroatoms. The number of carbonyl (C=O) groups excluding carboxylic acids is 1. The molecule has 0 fully saturated rings. The first-order valence-corrected chi connectivity index (χ1v) is 15.3. The summed E-state index contributed by atoms with van der Waals surface area (Å²) >= 11 is 9.16. The molecule has 0 amide bonds. The van der Waals surface area contributed by atoms with Crippen molar-refractivity contribution in [3.8, 4) is 0 Å². The molecular weight excluding hydrogens is 553 g/mol. The van der Waals surface area contributed by atoms with Gasteiger partial charge < -0.3 is 4.57 Å². The normalized spacial score (nSPS) is 20.3. The van der Waals surface area contributed by atoms with Crippen LogP contribution in [0.3, 0.4) is 0 Å². The van der Waals surface area contributed by atoms with Crippen LogP contribution in [0.25, 0.3) is 17.7 Å². The SMILES string of the molecule is O=C1Sc2nc3c(c(=S)n2C/C1=C/c1ccccc1)C1=C(CCC/C1=C\c1ccncc1)C(c1ccncc1)S3. The molecule has 1 aliphatic carbocycles. The van der Waals surface area contributed by atoms with Crippen LogP contribution in [0, 0.1) is 4.64 Å². The molecule has 1 unspecified atom stereocenters. The fourth-order valence-corrected chi connectivity index (χ4v) is 8.28. The highest BCUT2D eigenvalue weighted by Crippen LogP contribution is 2.56.